The molecule has 0 spiro atoms. The van der Waals surface area contributed by atoms with Gasteiger partial charge >= 0.3 is 0 Å². The maximum Gasteiger partial charge on any atom is 0.0467 e. The maximum atomic E-state index is 2.39. The molecule has 0 amide bonds. The third-order valence-electron chi connectivity index (χ3n) is 12.8. The van der Waals surface area contributed by atoms with Crippen LogP contribution in [0.15, 0.2) is 249 Å². The molecule has 0 aliphatic heterocycles. The Balaban J connectivity index is 0.992. The van der Waals surface area contributed by atoms with E-state index in [1.165, 1.54) is 98.4 Å². The third-order valence-corrected chi connectivity index (χ3v) is 12.8. The minimum Gasteiger partial charge on any atom is -0.310 e. The monoisotopic (exact) mass is 799 g/mol. The van der Waals surface area contributed by atoms with Crippen molar-refractivity contribution in [3.8, 4) is 44.5 Å². The summed E-state index contributed by atoms with van der Waals surface area (Å²) in [5.41, 5.74) is 13.0. The van der Waals surface area contributed by atoms with Crippen molar-refractivity contribution in [1.82, 2.24) is 0 Å². The number of hydrogen-bond donors (Lipinski definition) is 0. The molecule has 0 fully saturated rings. The highest BCUT2D eigenvalue weighted by Gasteiger charge is 2.18. The molecule has 0 radical (unpaired) electrons. The van der Waals surface area contributed by atoms with Crippen molar-refractivity contribution in [2.24, 2.45) is 0 Å². The zero-order valence-electron chi connectivity index (χ0n) is 34.6. The minimum atomic E-state index is 1.09. The van der Waals surface area contributed by atoms with Crippen LogP contribution in [-0.2, 0) is 0 Å². The van der Waals surface area contributed by atoms with Crippen LogP contribution in [0, 0.1) is 0 Å². The van der Waals surface area contributed by atoms with Gasteiger partial charge in [0, 0.05) is 17.1 Å². The summed E-state index contributed by atoms with van der Waals surface area (Å²) in [5, 5.41) is 12.6. The second-order valence-electron chi connectivity index (χ2n) is 16.4. The van der Waals surface area contributed by atoms with Gasteiger partial charge in [-0.05, 0) is 147 Å². The molecule has 63 heavy (non-hydrogen) atoms. The van der Waals surface area contributed by atoms with Crippen molar-refractivity contribution in [2.45, 2.75) is 0 Å². The number of anilines is 3. The van der Waals surface area contributed by atoms with E-state index in [2.05, 4.69) is 254 Å². The Hall–Kier alpha value is -8.26. The molecule has 1 heteroatoms. The Morgan fingerprint density at radius 2 is 0.619 bits per heavy atom. The summed E-state index contributed by atoms with van der Waals surface area (Å²) in [6.45, 7) is 0. The van der Waals surface area contributed by atoms with Crippen LogP contribution in [0.3, 0.4) is 0 Å². The lowest BCUT2D eigenvalue weighted by molar-refractivity contribution is 1.28. The highest BCUT2D eigenvalue weighted by Crippen LogP contribution is 2.43. The van der Waals surface area contributed by atoms with Gasteiger partial charge in [-0.15, -0.1) is 0 Å². The molecule has 294 valence electrons. The Kier molecular flexibility index (Phi) is 8.90. The summed E-state index contributed by atoms with van der Waals surface area (Å²) < 4.78 is 0. The standard InChI is InChI=1S/C62H41N/c1-4-21-51-42(15-1)18-14-30-52(51)43-31-35-48(36-32-43)63(50-20-13-19-45(39-50)61-40-46-16-2-5-23-54(46)56-25-9-11-28-59(56)61)49-37-33-44(34-38-49)53-22-7-8-27-58(53)62-41-47-17-3-6-24-55(47)57-26-10-12-29-60(57)62/h1-41H. The first-order valence-corrected chi connectivity index (χ1v) is 21.7. The van der Waals surface area contributed by atoms with Gasteiger partial charge in [0.05, 0.1) is 0 Å². The quantitative estimate of drug-likeness (QED) is 0.145. The first kappa shape index (κ1) is 36.6. The largest absolute Gasteiger partial charge is 0.310 e. The van der Waals surface area contributed by atoms with Gasteiger partial charge in [0.15, 0.2) is 0 Å². The lowest BCUT2D eigenvalue weighted by atomic mass is 9.89. The molecule has 0 atom stereocenters. The molecule has 0 aliphatic carbocycles. The van der Waals surface area contributed by atoms with Gasteiger partial charge in [0.25, 0.3) is 0 Å². The van der Waals surface area contributed by atoms with Crippen LogP contribution in [-0.4, -0.2) is 0 Å². The average molecular weight is 800 g/mol. The molecule has 12 aromatic rings. The maximum absolute atomic E-state index is 2.39. The van der Waals surface area contributed by atoms with Crippen LogP contribution >= 0.6 is 0 Å². The molecule has 0 saturated heterocycles. The number of hydrogen-bond acceptors (Lipinski definition) is 1. The average Bonchev–Trinajstić information content (AvgIpc) is 3.36. The van der Waals surface area contributed by atoms with Crippen LogP contribution in [0.1, 0.15) is 0 Å². The predicted molar refractivity (Wildman–Crippen MR) is 270 cm³/mol. The van der Waals surface area contributed by atoms with Crippen molar-refractivity contribution in [1.29, 1.82) is 0 Å². The first-order chi connectivity index (χ1) is 31.2. The molecule has 0 bridgehead atoms. The predicted octanol–water partition coefficient (Wildman–Crippen LogP) is 17.6. The zero-order valence-corrected chi connectivity index (χ0v) is 34.6. The molecule has 0 unspecified atom stereocenters. The van der Waals surface area contributed by atoms with Gasteiger partial charge in [-0.3, -0.25) is 0 Å². The van der Waals surface area contributed by atoms with Crippen molar-refractivity contribution in [3.05, 3.63) is 249 Å². The van der Waals surface area contributed by atoms with Gasteiger partial charge in [-0.2, -0.15) is 0 Å². The van der Waals surface area contributed by atoms with Crippen LogP contribution in [0.25, 0.3) is 98.4 Å². The highest BCUT2D eigenvalue weighted by molar-refractivity contribution is 6.15. The fourth-order valence-electron chi connectivity index (χ4n) is 9.86. The molecule has 0 aromatic heterocycles. The summed E-state index contributed by atoms with van der Waals surface area (Å²) >= 11 is 0. The molecule has 0 saturated carbocycles. The Labute approximate surface area is 367 Å². The van der Waals surface area contributed by atoms with Crippen molar-refractivity contribution < 1.29 is 0 Å². The van der Waals surface area contributed by atoms with Gasteiger partial charge < -0.3 is 4.90 Å². The Morgan fingerprint density at radius 3 is 1.25 bits per heavy atom. The number of benzene rings is 12. The second-order valence-corrected chi connectivity index (χ2v) is 16.4. The van der Waals surface area contributed by atoms with E-state index in [4.69, 9.17) is 0 Å². The fraction of sp³-hybridized carbons (Fsp3) is 0. The SMILES string of the molecule is c1cc(-c2cc3ccccc3c3ccccc23)cc(N(c2ccc(-c3ccccc3-c3cc4ccccc4c4ccccc34)cc2)c2ccc(-c3cccc4ccccc34)cc2)c1. The zero-order chi connectivity index (χ0) is 41.7. The van der Waals surface area contributed by atoms with E-state index in [-0.39, 0.29) is 0 Å². The highest BCUT2D eigenvalue weighted by atomic mass is 15.1. The Morgan fingerprint density at radius 1 is 0.190 bits per heavy atom. The molecule has 0 heterocycles. The molecule has 1 nitrogen and oxygen atoms in total. The number of fused-ring (bicyclic) bond motifs is 7. The van der Waals surface area contributed by atoms with E-state index in [0.717, 1.165) is 17.1 Å². The molecule has 12 rings (SSSR count). The second kappa shape index (κ2) is 15.3. The topological polar surface area (TPSA) is 3.24 Å². The van der Waals surface area contributed by atoms with E-state index in [0.29, 0.717) is 0 Å². The molecular weight excluding hydrogens is 759 g/mol. The van der Waals surface area contributed by atoms with E-state index in [9.17, 15) is 0 Å². The van der Waals surface area contributed by atoms with Crippen molar-refractivity contribution in [2.75, 3.05) is 4.90 Å². The molecule has 12 aromatic carbocycles. The summed E-state index contributed by atoms with van der Waals surface area (Å²) in [7, 11) is 0. The number of nitrogens with zero attached hydrogens (tertiary/aromatic N) is 1. The van der Waals surface area contributed by atoms with E-state index in [1.54, 1.807) is 0 Å². The summed E-state index contributed by atoms with van der Waals surface area (Å²) in [6.07, 6.45) is 0. The van der Waals surface area contributed by atoms with E-state index < -0.39 is 0 Å². The van der Waals surface area contributed by atoms with Crippen molar-refractivity contribution in [3.63, 3.8) is 0 Å². The van der Waals surface area contributed by atoms with Crippen LogP contribution in [0.5, 0.6) is 0 Å². The minimum absolute atomic E-state index is 1.09. The first-order valence-electron chi connectivity index (χ1n) is 21.7. The number of rotatable bonds is 7. The fourth-order valence-corrected chi connectivity index (χ4v) is 9.86. The molecule has 0 aliphatic rings. The summed E-state index contributed by atoms with van der Waals surface area (Å²) in [6, 6.07) is 91.0. The smallest absolute Gasteiger partial charge is 0.0467 e. The lowest BCUT2D eigenvalue weighted by Gasteiger charge is -2.27. The van der Waals surface area contributed by atoms with Gasteiger partial charge in [0.1, 0.15) is 0 Å². The lowest BCUT2D eigenvalue weighted by Crippen LogP contribution is -2.10. The van der Waals surface area contributed by atoms with E-state index >= 15 is 0 Å². The van der Waals surface area contributed by atoms with Crippen LogP contribution < -0.4 is 4.90 Å². The van der Waals surface area contributed by atoms with Gasteiger partial charge in [0.2, 0.25) is 0 Å². The Bertz CT molecular complexity index is 3670. The van der Waals surface area contributed by atoms with Crippen molar-refractivity contribution >= 4 is 70.9 Å². The van der Waals surface area contributed by atoms with Gasteiger partial charge in [-0.25, -0.2) is 0 Å². The summed E-state index contributed by atoms with van der Waals surface area (Å²) in [4.78, 5) is 2.39. The molecule has 0 N–H and O–H groups in total. The molecular formula is C62H41N. The van der Waals surface area contributed by atoms with Crippen LogP contribution in [0.4, 0.5) is 17.1 Å². The normalized spacial score (nSPS) is 11.5. The summed E-state index contributed by atoms with van der Waals surface area (Å²) in [5.74, 6) is 0. The third kappa shape index (κ3) is 6.42. The van der Waals surface area contributed by atoms with E-state index in [1.807, 2.05) is 0 Å². The van der Waals surface area contributed by atoms with Gasteiger partial charge in [-0.1, -0.05) is 200 Å². The van der Waals surface area contributed by atoms with Crippen LogP contribution in [0.2, 0.25) is 0 Å².